The largest absolute Gasteiger partial charge is 0.408 e. The highest BCUT2D eigenvalue weighted by Gasteiger charge is 2.19. The summed E-state index contributed by atoms with van der Waals surface area (Å²) in [6.07, 6.45) is 2.38. The number of nitrogens with one attached hydrogen (secondary N) is 1. The van der Waals surface area contributed by atoms with Crippen LogP contribution >= 0.6 is 0 Å². The van der Waals surface area contributed by atoms with E-state index in [0.717, 1.165) is 24.3 Å². The second kappa shape index (κ2) is 5.40. The molecule has 1 aliphatic rings. The lowest BCUT2D eigenvalue weighted by Crippen LogP contribution is -2.29. The lowest BCUT2D eigenvalue weighted by Gasteiger charge is -2.21. The van der Waals surface area contributed by atoms with Gasteiger partial charge >= 0.3 is 6.01 Å². The second-order valence-corrected chi connectivity index (χ2v) is 5.50. The number of aromatic nitrogens is 2. The van der Waals surface area contributed by atoms with Crippen LogP contribution in [0, 0.1) is 0 Å². The summed E-state index contributed by atoms with van der Waals surface area (Å²) in [6.45, 7) is 0.504. The predicted molar refractivity (Wildman–Crippen MR) is 61.6 cm³/mol. The van der Waals surface area contributed by atoms with Crippen molar-refractivity contribution in [3.8, 4) is 0 Å². The first-order valence-electron chi connectivity index (χ1n) is 5.42. The fourth-order valence-corrected chi connectivity index (χ4v) is 2.95. The highest BCUT2D eigenvalue weighted by Crippen LogP contribution is 2.15. The molecule has 0 unspecified atom stereocenters. The number of rotatable bonds is 4. The summed E-state index contributed by atoms with van der Waals surface area (Å²) >= 11 is 0. The lowest BCUT2D eigenvalue weighted by atomic mass is 10.2. The molecule has 0 bridgehead atoms. The minimum atomic E-state index is -0.640. The topological polar surface area (TPSA) is 94.0 Å². The fourth-order valence-electron chi connectivity index (χ4n) is 1.65. The van der Waals surface area contributed by atoms with E-state index in [1.807, 2.05) is 0 Å². The van der Waals surface area contributed by atoms with Crippen molar-refractivity contribution in [1.29, 1.82) is 0 Å². The average molecular weight is 244 g/mol. The third-order valence-corrected chi connectivity index (χ3v) is 3.92. The van der Waals surface area contributed by atoms with E-state index in [1.54, 1.807) is 0 Å². The molecule has 16 heavy (non-hydrogen) atoms. The van der Waals surface area contributed by atoms with Gasteiger partial charge in [-0.2, -0.15) is 0 Å². The third-order valence-electron chi connectivity index (χ3n) is 2.54. The Bertz CT molecular complexity index is 358. The van der Waals surface area contributed by atoms with Crippen LogP contribution in [0.2, 0.25) is 0 Å². The molecule has 0 aromatic carbocycles. The van der Waals surface area contributed by atoms with Gasteiger partial charge in [-0.25, -0.2) is 0 Å². The molecule has 0 aliphatic carbocycles. The van der Waals surface area contributed by atoms with Crippen LogP contribution in [0.5, 0.6) is 0 Å². The molecule has 6 nitrogen and oxygen atoms in total. The van der Waals surface area contributed by atoms with E-state index in [4.69, 9.17) is 10.2 Å². The van der Waals surface area contributed by atoms with Crippen LogP contribution in [0.25, 0.3) is 0 Å². The molecule has 0 atom stereocenters. The van der Waals surface area contributed by atoms with Crippen LogP contribution in [0.3, 0.4) is 0 Å². The van der Waals surface area contributed by atoms with E-state index < -0.39 is 10.8 Å². The molecule has 7 heteroatoms. The lowest BCUT2D eigenvalue weighted by molar-refractivity contribution is 0.494. The summed E-state index contributed by atoms with van der Waals surface area (Å²) in [4.78, 5) is 0. The second-order valence-electron chi connectivity index (χ2n) is 3.81. The number of anilines is 1. The Morgan fingerprint density at radius 3 is 2.88 bits per heavy atom. The van der Waals surface area contributed by atoms with E-state index in [0.29, 0.717) is 30.9 Å². The Balaban J connectivity index is 1.86. The quantitative estimate of drug-likeness (QED) is 0.767. The van der Waals surface area contributed by atoms with Gasteiger partial charge in [0.2, 0.25) is 5.89 Å². The Morgan fingerprint density at radius 1 is 1.44 bits per heavy atom. The summed E-state index contributed by atoms with van der Waals surface area (Å²) in [5.74, 6) is 2.06. The molecule has 1 fully saturated rings. The summed E-state index contributed by atoms with van der Waals surface area (Å²) in [6, 6.07) is 0.741. The molecular weight excluding hydrogens is 228 g/mol. The molecule has 1 aromatic heterocycles. The zero-order valence-electron chi connectivity index (χ0n) is 9.02. The Hall–Kier alpha value is -0.950. The van der Waals surface area contributed by atoms with Gasteiger partial charge in [0, 0.05) is 41.3 Å². The average Bonchev–Trinajstić information content (AvgIpc) is 2.70. The number of hydrogen-bond donors (Lipinski definition) is 2. The zero-order chi connectivity index (χ0) is 11.4. The van der Waals surface area contributed by atoms with E-state index >= 15 is 0 Å². The van der Waals surface area contributed by atoms with Crippen molar-refractivity contribution in [1.82, 2.24) is 10.2 Å². The fraction of sp³-hybridized carbons (Fsp3) is 0.778. The molecule has 1 aromatic rings. The van der Waals surface area contributed by atoms with Gasteiger partial charge in [-0.1, -0.05) is 5.10 Å². The van der Waals surface area contributed by atoms with E-state index in [1.165, 1.54) is 0 Å². The smallest absolute Gasteiger partial charge is 0.315 e. The molecule has 0 radical (unpaired) electrons. The van der Waals surface area contributed by atoms with Crippen molar-refractivity contribution in [2.75, 3.05) is 23.4 Å². The number of nitrogens with two attached hydrogens (primary N) is 1. The van der Waals surface area contributed by atoms with Crippen LogP contribution in [0.1, 0.15) is 18.7 Å². The minimum Gasteiger partial charge on any atom is -0.408 e. The summed E-state index contributed by atoms with van der Waals surface area (Å²) < 4.78 is 16.5. The van der Waals surface area contributed by atoms with Gasteiger partial charge in [0.05, 0.1) is 0 Å². The SMILES string of the molecule is NCCc1nnc(NC2CCS(=O)CC2)o1. The van der Waals surface area contributed by atoms with Crippen LogP contribution in [-0.4, -0.2) is 38.5 Å². The first-order chi connectivity index (χ1) is 7.78. The maximum Gasteiger partial charge on any atom is 0.315 e. The van der Waals surface area contributed by atoms with E-state index in [9.17, 15) is 4.21 Å². The Morgan fingerprint density at radius 2 is 2.19 bits per heavy atom. The number of nitrogens with zero attached hydrogens (tertiary/aromatic N) is 2. The van der Waals surface area contributed by atoms with Gasteiger partial charge in [-0.05, 0) is 12.8 Å². The Kier molecular flexibility index (Phi) is 3.89. The third kappa shape index (κ3) is 3.02. The molecule has 2 rings (SSSR count). The highest BCUT2D eigenvalue weighted by atomic mass is 32.2. The molecule has 2 heterocycles. The highest BCUT2D eigenvalue weighted by molar-refractivity contribution is 7.85. The molecule has 0 saturated carbocycles. The van der Waals surface area contributed by atoms with Crippen molar-refractivity contribution in [2.45, 2.75) is 25.3 Å². The van der Waals surface area contributed by atoms with Gasteiger partial charge in [-0.3, -0.25) is 4.21 Å². The van der Waals surface area contributed by atoms with Crippen LogP contribution in [-0.2, 0) is 17.2 Å². The standard InChI is InChI=1S/C9H16N4O2S/c10-4-1-8-12-13-9(15-8)11-7-2-5-16(14)6-3-7/h7H,1-6,10H2,(H,11,13). The van der Waals surface area contributed by atoms with Gasteiger partial charge in [0.1, 0.15) is 0 Å². The summed E-state index contributed by atoms with van der Waals surface area (Å²) in [5.41, 5.74) is 5.39. The Labute approximate surface area is 96.4 Å². The van der Waals surface area contributed by atoms with Gasteiger partial charge in [0.25, 0.3) is 0 Å². The molecule has 1 saturated heterocycles. The van der Waals surface area contributed by atoms with Crippen LogP contribution < -0.4 is 11.1 Å². The van der Waals surface area contributed by atoms with Crippen molar-refractivity contribution in [3.63, 3.8) is 0 Å². The molecule has 0 spiro atoms. The van der Waals surface area contributed by atoms with Crippen LogP contribution in [0.4, 0.5) is 6.01 Å². The first-order valence-corrected chi connectivity index (χ1v) is 6.90. The van der Waals surface area contributed by atoms with Crippen molar-refractivity contribution >= 4 is 16.8 Å². The molecule has 0 amide bonds. The zero-order valence-corrected chi connectivity index (χ0v) is 9.83. The maximum absolute atomic E-state index is 11.2. The van der Waals surface area contributed by atoms with E-state index in [-0.39, 0.29) is 0 Å². The molecular formula is C9H16N4O2S. The monoisotopic (exact) mass is 244 g/mol. The molecule has 3 N–H and O–H groups in total. The molecule has 90 valence electrons. The van der Waals surface area contributed by atoms with Crippen molar-refractivity contribution < 1.29 is 8.63 Å². The summed E-state index contributed by atoms with van der Waals surface area (Å²) in [7, 11) is -0.640. The van der Waals surface area contributed by atoms with E-state index in [2.05, 4.69) is 15.5 Å². The minimum absolute atomic E-state index is 0.295. The summed E-state index contributed by atoms with van der Waals surface area (Å²) in [5, 5.41) is 10.9. The van der Waals surface area contributed by atoms with Gasteiger partial charge in [0.15, 0.2) is 0 Å². The predicted octanol–water partition coefficient (Wildman–Crippen LogP) is -0.106. The first kappa shape index (κ1) is 11.5. The normalized spacial score (nSPS) is 25.6. The van der Waals surface area contributed by atoms with Crippen LogP contribution in [0.15, 0.2) is 4.42 Å². The molecule has 1 aliphatic heterocycles. The number of hydrogen-bond acceptors (Lipinski definition) is 6. The maximum atomic E-state index is 11.2. The van der Waals surface area contributed by atoms with Crippen molar-refractivity contribution in [2.24, 2.45) is 5.73 Å². The van der Waals surface area contributed by atoms with Gasteiger partial charge < -0.3 is 15.5 Å². The van der Waals surface area contributed by atoms with Gasteiger partial charge in [-0.15, -0.1) is 5.10 Å². The van der Waals surface area contributed by atoms with Crippen molar-refractivity contribution in [3.05, 3.63) is 5.89 Å².